The van der Waals surface area contributed by atoms with Gasteiger partial charge in [-0.1, -0.05) is 12.1 Å². The number of aryl methyl sites for hydroxylation is 1. The minimum absolute atomic E-state index is 0.561. The molecule has 0 fully saturated rings. The zero-order chi connectivity index (χ0) is 18.0. The second-order valence-electron chi connectivity index (χ2n) is 5.55. The molecule has 0 bridgehead atoms. The van der Waals surface area contributed by atoms with Gasteiger partial charge in [-0.2, -0.15) is 0 Å². The first kappa shape index (κ1) is 16.8. The minimum Gasteiger partial charge on any atom is -0.493 e. The van der Waals surface area contributed by atoms with Gasteiger partial charge in [-0.05, 0) is 19.1 Å². The second kappa shape index (κ2) is 6.84. The number of methoxy groups -OCH3 is 3. The van der Waals surface area contributed by atoms with Gasteiger partial charge in [-0.15, -0.1) is 0 Å². The summed E-state index contributed by atoms with van der Waals surface area (Å²) < 4.78 is 16.3. The summed E-state index contributed by atoms with van der Waals surface area (Å²) in [5.74, 6) is 3.29. The lowest BCUT2D eigenvalue weighted by atomic mass is 10.2. The Morgan fingerprint density at radius 2 is 1.52 bits per heavy atom. The molecule has 0 spiro atoms. The predicted octanol–water partition coefficient (Wildman–Crippen LogP) is 3.73. The molecule has 0 amide bonds. The molecular weight excluding hydrogens is 318 g/mol. The van der Waals surface area contributed by atoms with Crippen molar-refractivity contribution in [3.63, 3.8) is 0 Å². The van der Waals surface area contributed by atoms with Crippen LogP contribution < -0.4 is 19.1 Å². The van der Waals surface area contributed by atoms with Crippen LogP contribution in [0.15, 0.2) is 36.4 Å². The molecular formula is C19H21N3O3. The summed E-state index contributed by atoms with van der Waals surface area (Å²) in [6, 6.07) is 11.7. The van der Waals surface area contributed by atoms with E-state index in [1.165, 1.54) is 0 Å². The predicted molar refractivity (Wildman–Crippen MR) is 98.4 cm³/mol. The van der Waals surface area contributed by atoms with Crippen LogP contribution in [-0.2, 0) is 0 Å². The largest absolute Gasteiger partial charge is 0.493 e. The van der Waals surface area contributed by atoms with E-state index in [0.29, 0.717) is 23.1 Å². The van der Waals surface area contributed by atoms with Gasteiger partial charge in [0.05, 0.1) is 26.8 Å². The van der Waals surface area contributed by atoms with Crippen LogP contribution in [0.25, 0.3) is 10.9 Å². The summed E-state index contributed by atoms with van der Waals surface area (Å²) in [6.45, 7) is 1.89. The van der Waals surface area contributed by atoms with E-state index >= 15 is 0 Å². The Morgan fingerprint density at radius 3 is 2.12 bits per heavy atom. The Labute approximate surface area is 147 Å². The fourth-order valence-electron chi connectivity index (χ4n) is 2.81. The van der Waals surface area contributed by atoms with Crippen molar-refractivity contribution >= 4 is 22.4 Å². The molecule has 0 aliphatic heterocycles. The van der Waals surface area contributed by atoms with E-state index in [-0.39, 0.29) is 0 Å². The minimum atomic E-state index is 0.561. The van der Waals surface area contributed by atoms with Crippen LogP contribution in [0.3, 0.4) is 0 Å². The molecule has 3 aromatic rings. The van der Waals surface area contributed by atoms with Gasteiger partial charge in [-0.25, -0.2) is 9.97 Å². The Morgan fingerprint density at radius 1 is 0.880 bits per heavy atom. The summed E-state index contributed by atoms with van der Waals surface area (Å²) in [6.07, 6.45) is 0. The van der Waals surface area contributed by atoms with Crippen LogP contribution in [0.5, 0.6) is 17.2 Å². The molecule has 1 heterocycles. The van der Waals surface area contributed by atoms with E-state index in [9.17, 15) is 0 Å². The number of benzene rings is 2. The average molecular weight is 339 g/mol. The van der Waals surface area contributed by atoms with E-state index in [0.717, 1.165) is 22.4 Å². The summed E-state index contributed by atoms with van der Waals surface area (Å²) in [5.41, 5.74) is 1.78. The van der Waals surface area contributed by atoms with Crippen molar-refractivity contribution in [2.75, 3.05) is 33.3 Å². The van der Waals surface area contributed by atoms with Crippen molar-refractivity contribution in [3.8, 4) is 17.2 Å². The topological polar surface area (TPSA) is 56.7 Å². The molecule has 0 aliphatic carbocycles. The van der Waals surface area contributed by atoms with E-state index in [1.54, 1.807) is 21.3 Å². The molecule has 0 saturated heterocycles. The average Bonchev–Trinajstić information content (AvgIpc) is 2.65. The van der Waals surface area contributed by atoms with Crippen molar-refractivity contribution in [2.45, 2.75) is 6.92 Å². The SMILES string of the molecule is COc1cc(N(C)c2nc(C)nc3ccccc23)cc(OC)c1OC. The third-order valence-electron chi connectivity index (χ3n) is 4.05. The Bertz CT molecular complexity index is 887. The Balaban J connectivity index is 2.17. The molecule has 6 nitrogen and oxygen atoms in total. The molecule has 0 atom stereocenters. The normalized spacial score (nSPS) is 10.6. The zero-order valence-corrected chi connectivity index (χ0v) is 15.0. The van der Waals surface area contributed by atoms with Crippen molar-refractivity contribution in [1.82, 2.24) is 9.97 Å². The van der Waals surface area contributed by atoms with Gasteiger partial charge in [0.25, 0.3) is 0 Å². The zero-order valence-electron chi connectivity index (χ0n) is 15.0. The molecule has 0 radical (unpaired) electrons. The molecule has 1 aromatic heterocycles. The van der Waals surface area contributed by atoms with Crippen molar-refractivity contribution in [1.29, 1.82) is 0 Å². The van der Waals surface area contributed by atoms with E-state index in [4.69, 9.17) is 14.2 Å². The highest BCUT2D eigenvalue weighted by atomic mass is 16.5. The molecule has 25 heavy (non-hydrogen) atoms. The molecule has 3 rings (SSSR count). The number of anilines is 2. The number of fused-ring (bicyclic) bond motifs is 1. The van der Waals surface area contributed by atoms with Gasteiger partial charge in [0.15, 0.2) is 11.5 Å². The second-order valence-corrected chi connectivity index (χ2v) is 5.55. The van der Waals surface area contributed by atoms with Gasteiger partial charge < -0.3 is 19.1 Å². The summed E-state index contributed by atoms with van der Waals surface area (Å²) in [5, 5.41) is 0.976. The maximum atomic E-state index is 5.45. The van der Waals surface area contributed by atoms with Crippen LogP contribution >= 0.6 is 0 Å². The number of hydrogen-bond donors (Lipinski definition) is 0. The van der Waals surface area contributed by atoms with Crippen molar-refractivity contribution < 1.29 is 14.2 Å². The van der Waals surface area contributed by atoms with Crippen molar-refractivity contribution in [3.05, 3.63) is 42.2 Å². The monoisotopic (exact) mass is 339 g/mol. The van der Waals surface area contributed by atoms with Gasteiger partial charge in [0, 0.05) is 30.3 Å². The standard InChI is InChI=1S/C19H21N3O3/c1-12-20-15-9-7-6-8-14(15)19(21-12)22(2)13-10-16(23-3)18(25-5)17(11-13)24-4/h6-11H,1-5H3. The maximum absolute atomic E-state index is 5.45. The number of para-hydroxylation sites is 1. The van der Waals surface area contributed by atoms with Crippen LogP contribution in [0.1, 0.15) is 5.82 Å². The van der Waals surface area contributed by atoms with Crippen molar-refractivity contribution in [2.24, 2.45) is 0 Å². The van der Waals surface area contributed by atoms with Crippen LogP contribution in [0.2, 0.25) is 0 Å². The van der Waals surface area contributed by atoms with Crippen LogP contribution in [0.4, 0.5) is 11.5 Å². The smallest absolute Gasteiger partial charge is 0.203 e. The quantitative estimate of drug-likeness (QED) is 0.706. The first-order valence-electron chi connectivity index (χ1n) is 7.86. The number of ether oxygens (including phenoxy) is 3. The summed E-state index contributed by atoms with van der Waals surface area (Å²) in [4.78, 5) is 11.1. The van der Waals surface area contributed by atoms with E-state index < -0.39 is 0 Å². The highest BCUT2D eigenvalue weighted by Crippen LogP contribution is 2.42. The van der Waals surface area contributed by atoms with Gasteiger partial charge in [0.1, 0.15) is 11.6 Å². The first-order chi connectivity index (χ1) is 12.1. The molecule has 0 aliphatic rings. The fraction of sp³-hybridized carbons (Fsp3) is 0.263. The highest BCUT2D eigenvalue weighted by Gasteiger charge is 2.18. The third-order valence-corrected chi connectivity index (χ3v) is 4.05. The van der Waals surface area contributed by atoms with Crippen LogP contribution in [0, 0.1) is 6.92 Å². The lowest BCUT2D eigenvalue weighted by Gasteiger charge is -2.23. The third kappa shape index (κ3) is 3.03. The lowest BCUT2D eigenvalue weighted by Crippen LogP contribution is -2.13. The first-order valence-corrected chi connectivity index (χ1v) is 7.86. The van der Waals surface area contributed by atoms with Gasteiger partial charge in [0.2, 0.25) is 5.75 Å². The Hall–Kier alpha value is -3.02. The number of aromatic nitrogens is 2. The van der Waals surface area contributed by atoms with E-state index in [1.807, 2.05) is 55.3 Å². The van der Waals surface area contributed by atoms with Crippen LogP contribution in [-0.4, -0.2) is 38.3 Å². The van der Waals surface area contributed by atoms with E-state index in [2.05, 4.69) is 9.97 Å². The lowest BCUT2D eigenvalue weighted by molar-refractivity contribution is 0.324. The van der Waals surface area contributed by atoms with Gasteiger partial charge in [-0.3, -0.25) is 0 Å². The Kier molecular flexibility index (Phi) is 4.61. The molecule has 130 valence electrons. The molecule has 0 saturated carbocycles. The molecule has 2 aromatic carbocycles. The fourth-order valence-corrected chi connectivity index (χ4v) is 2.81. The highest BCUT2D eigenvalue weighted by molar-refractivity contribution is 5.91. The molecule has 0 unspecified atom stereocenters. The summed E-state index contributed by atoms with van der Waals surface area (Å²) in [7, 11) is 6.75. The summed E-state index contributed by atoms with van der Waals surface area (Å²) >= 11 is 0. The number of hydrogen-bond acceptors (Lipinski definition) is 6. The number of nitrogens with zero attached hydrogens (tertiary/aromatic N) is 3. The maximum Gasteiger partial charge on any atom is 0.203 e. The molecule has 6 heteroatoms. The van der Waals surface area contributed by atoms with Gasteiger partial charge >= 0.3 is 0 Å². The molecule has 0 N–H and O–H groups in total. The number of rotatable bonds is 5.